The third kappa shape index (κ3) is 4.85. The molecule has 0 aliphatic carbocycles. The number of thioether (sulfide) groups is 1. The van der Waals surface area contributed by atoms with E-state index in [-0.39, 0.29) is 0 Å². The highest BCUT2D eigenvalue weighted by atomic mass is 32.2. The predicted molar refractivity (Wildman–Crippen MR) is 87.0 cm³/mol. The molecule has 1 aliphatic heterocycles. The zero-order chi connectivity index (χ0) is 13.5. The summed E-state index contributed by atoms with van der Waals surface area (Å²) in [5.41, 5.74) is 1.47. The van der Waals surface area contributed by atoms with E-state index in [0.29, 0.717) is 11.8 Å². The molecule has 106 valence electrons. The van der Waals surface area contributed by atoms with E-state index in [1.165, 1.54) is 37.1 Å². The zero-order valence-corrected chi connectivity index (χ0v) is 13.1. The van der Waals surface area contributed by atoms with E-state index < -0.39 is 0 Å². The molecule has 2 heteroatoms. The highest BCUT2D eigenvalue weighted by Gasteiger charge is 2.17. The maximum atomic E-state index is 3.71. The lowest BCUT2D eigenvalue weighted by Gasteiger charge is -2.25. The van der Waals surface area contributed by atoms with Crippen molar-refractivity contribution in [1.29, 1.82) is 0 Å². The maximum absolute atomic E-state index is 3.71. The van der Waals surface area contributed by atoms with Gasteiger partial charge in [-0.25, -0.2) is 0 Å². The summed E-state index contributed by atoms with van der Waals surface area (Å²) in [5.74, 6) is 2.68. The molecule has 0 saturated carbocycles. The second kappa shape index (κ2) is 7.96. The molecule has 1 fully saturated rings. The van der Waals surface area contributed by atoms with Crippen molar-refractivity contribution in [2.45, 2.75) is 44.3 Å². The van der Waals surface area contributed by atoms with Gasteiger partial charge in [0.05, 0.1) is 0 Å². The van der Waals surface area contributed by atoms with Gasteiger partial charge in [0.2, 0.25) is 0 Å². The van der Waals surface area contributed by atoms with Crippen molar-refractivity contribution in [3.8, 4) is 0 Å². The molecule has 1 saturated heterocycles. The number of rotatable bonds is 6. The molecule has 1 aliphatic rings. The molecule has 0 bridgehead atoms. The van der Waals surface area contributed by atoms with Gasteiger partial charge in [0.1, 0.15) is 0 Å². The smallest absolute Gasteiger partial charge is 0.0172 e. The average Bonchev–Trinajstić information content (AvgIpc) is 2.45. The van der Waals surface area contributed by atoms with Gasteiger partial charge in [0.25, 0.3) is 0 Å². The molecule has 19 heavy (non-hydrogen) atoms. The van der Waals surface area contributed by atoms with Crippen molar-refractivity contribution in [2.24, 2.45) is 5.92 Å². The van der Waals surface area contributed by atoms with Crippen LogP contribution in [0.25, 0.3) is 0 Å². The van der Waals surface area contributed by atoms with Crippen molar-refractivity contribution >= 4 is 11.8 Å². The fraction of sp³-hybridized carbons (Fsp3) is 0.647. The fourth-order valence-corrected chi connectivity index (χ4v) is 4.08. The minimum Gasteiger partial charge on any atom is -0.315 e. The molecular weight excluding hydrogens is 250 g/mol. The normalized spacial score (nSPS) is 21.5. The van der Waals surface area contributed by atoms with Gasteiger partial charge in [0, 0.05) is 18.3 Å². The van der Waals surface area contributed by atoms with Crippen molar-refractivity contribution < 1.29 is 0 Å². The first-order valence-electron chi connectivity index (χ1n) is 7.64. The van der Waals surface area contributed by atoms with Gasteiger partial charge in [0.15, 0.2) is 0 Å². The van der Waals surface area contributed by atoms with E-state index >= 15 is 0 Å². The standard InChI is InChI=1S/C17H27NS/c1-14(2)17(15-8-4-3-5-9-15)13-18-12-16-10-6-7-11-19-16/h3-5,8-9,14,16-18H,6-7,10-13H2,1-2H3. The first-order chi connectivity index (χ1) is 9.27. The summed E-state index contributed by atoms with van der Waals surface area (Å²) < 4.78 is 0. The number of nitrogens with one attached hydrogen (secondary N) is 1. The fourth-order valence-electron chi connectivity index (χ4n) is 2.81. The molecule has 1 aromatic carbocycles. The van der Waals surface area contributed by atoms with Crippen molar-refractivity contribution in [3.63, 3.8) is 0 Å². The summed E-state index contributed by atoms with van der Waals surface area (Å²) in [6, 6.07) is 10.9. The Morgan fingerprint density at radius 3 is 2.63 bits per heavy atom. The van der Waals surface area contributed by atoms with Crippen molar-refractivity contribution in [3.05, 3.63) is 35.9 Å². The van der Waals surface area contributed by atoms with E-state index in [0.717, 1.165) is 11.8 Å². The average molecular weight is 277 g/mol. The van der Waals surface area contributed by atoms with Crippen LogP contribution in [0.4, 0.5) is 0 Å². The summed E-state index contributed by atoms with van der Waals surface area (Å²) in [6.07, 6.45) is 4.24. The number of hydrogen-bond donors (Lipinski definition) is 1. The number of benzene rings is 1. The lowest BCUT2D eigenvalue weighted by Crippen LogP contribution is -2.31. The van der Waals surface area contributed by atoms with Crippen LogP contribution in [-0.4, -0.2) is 24.1 Å². The summed E-state index contributed by atoms with van der Waals surface area (Å²) in [5, 5.41) is 4.56. The lowest BCUT2D eigenvalue weighted by molar-refractivity contribution is 0.457. The molecule has 0 spiro atoms. The van der Waals surface area contributed by atoms with Crippen LogP contribution >= 0.6 is 11.8 Å². The molecule has 1 N–H and O–H groups in total. The van der Waals surface area contributed by atoms with Crippen LogP contribution in [0.15, 0.2) is 30.3 Å². The van der Waals surface area contributed by atoms with Crippen LogP contribution in [0.1, 0.15) is 44.6 Å². The first-order valence-corrected chi connectivity index (χ1v) is 8.69. The van der Waals surface area contributed by atoms with Gasteiger partial charge in [-0.2, -0.15) is 11.8 Å². The monoisotopic (exact) mass is 277 g/mol. The molecule has 2 atom stereocenters. The maximum Gasteiger partial charge on any atom is 0.0172 e. The third-order valence-electron chi connectivity index (χ3n) is 4.04. The summed E-state index contributed by atoms with van der Waals surface area (Å²) >= 11 is 2.16. The van der Waals surface area contributed by atoms with Gasteiger partial charge in [-0.15, -0.1) is 0 Å². The molecule has 2 rings (SSSR count). The Balaban J connectivity index is 1.80. The molecule has 0 amide bonds. The minimum atomic E-state index is 0.634. The second-order valence-electron chi connectivity index (χ2n) is 5.91. The third-order valence-corrected chi connectivity index (χ3v) is 5.44. The van der Waals surface area contributed by atoms with Gasteiger partial charge < -0.3 is 5.32 Å². The van der Waals surface area contributed by atoms with Crippen LogP contribution in [0.2, 0.25) is 0 Å². The van der Waals surface area contributed by atoms with E-state index in [1.807, 2.05) is 0 Å². The minimum absolute atomic E-state index is 0.634. The molecule has 0 aromatic heterocycles. The highest BCUT2D eigenvalue weighted by molar-refractivity contribution is 7.99. The van der Waals surface area contributed by atoms with Gasteiger partial charge in [-0.3, -0.25) is 0 Å². The summed E-state index contributed by atoms with van der Waals surface area (Å²) in [4.78, 5) is 0. The Bertz CT molecular complexity index is 344. The quantitative estimate of drug-likeness (QED) is 0.832. The Hall–Kier alpha value is -0.470. The molecule has 1 nitrogen and oxygen atoms in total. The molecule has 2 unspecified atom stereocenters. The zero-order valence-electron chi connectivity index (χ0n) is 12.3. The molecule has 1 aromatic rings. The first kappa shape index (κ1) is 14.9. The Labute approximate surface area is 122 Å². The van der Waals surface area contributed by atoms with Crippen LogP contribution in [0, 0.1) is 5.92 Å². The van der Waals surface area contributed by atoms with Crippen molar-refractivity contribution in [1.82, 2.24) is 5.32 Å². The second-order valence-corrected chi connectivity index (χ2v) is 7.32. The SMILES string of the molecule is CC(C)C(CNCC1CCCCS1)c1ccccc1. The predicted octanol–water partition coefficient (Wildman–Crippen LogP) is 4.30. The van der Waals surface area contributed by atoms with Gasteiger partial charge in [-0.05, 0) is 36.0 Å². The summed E-state index contributed by atoms with van der Waals surface area (Å²) in [7, 11) is 0. The van der Waals surface area contributed by atoms with Crippen LogP contribution in [-0.2, 0) is 0 Å². The number of hydrogen-bond acceptors (Lipinski definition) is 2. The van der Waals surface area contributed by atoms with Gasteiger partial charge >= 0.3 is 0 Å². The van der Waals surface area contributed by atoms with Crippen molar-refractivity contribution in [2.75, 3.05) is 18.8 Å². The summed E-state index contributed by atoms with van der Waals surface area (Å²) in [6.45, 7) is 6.95. The molecule has 1 heterocycles. The Kier molecular flexibility index (Phi) is 6.25. The van der Waals surface area contributed by atoms with E-state index in [9.17, 15) is 0 Å². The Morgan fingerprint density at radius 2 is 2.00 bits per heavy atom. The Morgan fingerprint density at radius 1 is 1.21 bits per heavy atom. The van der Waals surface area contributed by atoms with E-state index in [2.05, 4.69) is 61.3 Å². The van der Waals surface area contributed by atoms with E-state index in [1.54, 1.807) is 0 Å². The molecule has 0 radical (unpaired) electrons. The highest BCUT2D eigenvalue weighted by Crippen LogP contribution is 2.26. The van der Waals surface area contributed by atoms with Crippen LogP contribution < -0.4 is 5.32 Å². The van der Waals surface area contributed by atoms with E-state index in [4.69, 9.17) is 0 Å². The lowest BCUT2D eigenvalue weighted by atomic mass is 9.88. The topological polar surface area (TPSA) is 12.0 Å². The van der Waals surface area contributed by atoms with Crippen LogP contribution in [0.5, 0.6) is 0 Å². The largest absolute Gasteiger partial charge is 0.315 e. The van der Waals surface area contributed by atoms with Crippen LogP contribution in [0.3, 0.4) is 0 Å². The molecular formula is C17H27NS. The van der Waals surface area contributed by atoms with Gasteiger partial charge in [-0.1, -0.05) is 50.6 Å².